The number of thiophene rings is 1. The first-order valence-electron chi connectivity index (χ1n) is 12.1. The van der Waals surface area contributed by atoms with Crippen LogP contribution in [0.2, 0.25) is 0 Å². The topological polar surface area (TPSA) is 83.6 Å². The number of benzene rings is 1. The lowest BCUT2D eigenvalue weighted by atomic mass is 10.1. The fraction of sp³-hybridized carbons (Fsp3) is 0.520. The summed E-state index contributed by atoms with van der Waals surface area (Å²) in [6.07, 6.45) is 0. The third kappa shape index (κ3) is 6.87. The Morgan fingerprint density at radius 1 is 1.09 bits per heavy atom. The minimum Gasteiger partial charge on any atom is -0.454 e. The van der Waals surface area contributed by atoms with Crippen molar-refractivity contribution in [2.24, 2.45) is 0 Å². The molecule has 0 radical (unpaired) electrons. The van der Waals surface area contributed by atoms with Crippen LogP contribution in [0, 0.1) is 6.92 Å². The van der Waals surface area contributed by atoms with E-state index in [-0.39, 0.29) is 25.3 Å². The molecule has 0 atom stereocenters. The molecule has 35 heavy (non-hydrogen) atoms. The number of rotatable bonds is 10. The summed E-state index contributed by atoms with van der Waals surface area (Å²) in [6, 6.07) is 7.59. The smallest absolute Gasteiger partial charge is 0.317 e. The minimum absolute atomic E-state index is 0.0190. The van der Waals surface area contributed by atoms with Crippen molar-refractivity contribution in [1.82, 2.24) is 20.0 Å². The Hall–Kier alpha value is -2.82. The molecule has 2 aliphatic rings. The van der Waals surface area contributed by atoms with E-state index in [4.69, 9.17) is 14.2 Å². The summed E-state index contributed by atoms with van der Waals surface area (Å²) in [5.74, 6) is 1.31. The fourth-order valence-electron chi connectivity index (χ4n) is 4.10. The molecule has 2 aliphatic heterocycles. The Kier molecular flexibility index (Phi) is 8.84. The van der Waals surface area contributed by atoms with Crippen molar-refractivity contribution >= 4 is 23.3 Å². The standard InChI is InChI=1S/C25H34N4O5S/c1-3-26-25(31)28(8-7-27-9-11-32-12-10-27)17-24(30)29(16-23-19(2)6-13-35-23)15-20-4-5-21-22(14-20)34-18-33-21/h4-6,13-14H,3,7-12,15-18H2,1-2H3,(H,26,31). The van der Waals surface area contributed by atoms with Gasteiger partial charge < -0.3 is 29.3 Å². The number of carbonyl (C=O) groups is 2. The first kappa shape index (κ1) is 25.3. The summed E-state index contributed by atoms with van der Waals surface area (Å²) in [7, 11) is 0. The van der Waals surface area contributed by atoms with E-state index >= 15 is 0 Å². The summed E-state index contributed by atoms with van der Waals surface area (Å²) in [4.78, 5) is 33.2. The highest BCUT2D eigenvalue weighted by Crippen LogP contribution is 2.33. The SMILES string of the molecule is CCNC(=O)N(CCN1CCOCC1)CC(=O)N(Cc1ccc2c(c1)OCO2)Cc1sccc1C. The molecule has 4 rings (SSSR count). The number of hydrogen-bond donors (Lipinski definition) is 1. The number of hydrogen-bond acceptors (Lipinski definition) is 7. The molecule has 1 aromatic heterocycles. The molecule has 0 bridgehead atoms. The number of nitrogens with zero attached hydrogens (tertiary/aromatic N) is 3. The van der Waals surface area contributed by atoms with Gasteiger partial charge in [-0.25, -0.2) is 4.79 Å². The van der Waals surface area contributed by atoms with E-state index in [0.29, 0.717) is 57.4 Å². The van der Waals surface area contributed by atoms with Gasteiger partial charge in [-0.3, -0.25) is 9.69 Å². The Labute approximate surface area is 210 Å². The molecule has 3 amide bonds. The number of urea groups is 1. The van der Waals surface area contributed by atoms with Crippen LogP contribution in [0.5, 0.6) is 11.5 Å². The molecule has 9 nitrogen and oxygen atoms in total. The van der Waals surface area contributed by atoms with Gasteiger partial charge in [0.25, 0.3) is 0 Å². The molecule has 1 N–H and O–H groups in total. The zero-order valence-electron chi connectivity index (χ0n) is 20.5. The molecule has 0 spiro atoms. The molecule has 1 aromatic carbocycles. The summed E-state index contributed by atoms with van der Waals surface area (Å²) in [5.41, 5.74) is 2.11. The summed E-state index contributed by atoms with van der Waals surface area (Å²) in [5, 5.41) is 4.89. The molecule has 190 valence electrons. The number of fused-ring (bicyclic) bond motifs is 1. The van der Waals surface area contributed by atoms with Crippen LogP contribution in [0.15, 0.2) is 29.6 Å². The third-order valence-corrected chi connectivity index (χ3v) is 7.20. The van der Waals surface area contributed by atoms with Crippen molar-refractivity contribution < 1.29 is 23.8 Å². The van der Waals surface area contributed by atoms with Gasteiger partial charge in [0.15, 0.2) is 11.5 Å². The van der Waals surface area contributed by atoms with Crippen molar-refractivity contribution in [2.45, 2.75) is 26.9 Å². The first-order valence-corrected chi connectivity index (χ1v) is 12.9. The van der Waals surface area contributed by atoms with Crippen molar-refractivity contribution in [3.8, 4) is 11.5 Å². The average molecular weight is 503 g/mol. The monoisotopic (exact) mass is 502 g/mol. The number of amides is 3. The van der Waals surface area contributed by atoms with Gasteiger partial charge in [-0.1, -0.05) is 6.07 Å². The zero-order chi connectivity index (χ0) is 24.6. The van der Waals surface area contributed by atoms with Crippen LogP contribution in [0.25, 0.3) is 0 Å². The van der Waals surface area contributed by atoms with Crippen LogP contribution in [0.4, 0.5) is 4.79 Å². The maximum absolute atomic E-state index is 13.6. The molecule has 0 aliphatic carbocycles. The molecule has 3 heterocycles. The number of ether oxygens (including phenoxy) is 3. The van der Waals surface area contributed by atoms with Crippen molar-refractivity contribution in [3.63, 3.8) is 0 Å². The second kappa shape index (κ2) is 12.2. The predicted molar refractivity (Wildman–Crippen MR) is 134 cm³/mol. The van der Waals surface area contributed by atoms with Crippen LogP contribution in [0.1, 0.15) is 22.9 Å². The van der Waals surface area contributed by atoms with Gasteiger partial charge >= 0.3 is 6.03 Å². The molecule has 0 saturated carbocycles. The van der Waals surface area contributed by atoms with E-state index in [1.165, 1.54) is 0 Å². The van der Waals surface area contributed by atoms with Gasteiger partial charge in [-0.15, -0.1) is 11.3 Å². The lowest BCUT2D eigenvalue weighted by Crippen LogP contribution is -2.49. The van der Waals surface area contributed by atoms with Crippen LogP contribution >= 0.6 is 11.3 Å². The second-order valence-electron chi connectivity index (χ2n) is 8.68. The molecule has 2 aromatic rings. The van der Waals surface area contributed by atoms with E-state index in [1.54, 1.807) is 16.2 Å². The second-order valence-corrected chi connectivity index (χ2v) is 9.68. The van der Waals surface area contributed by atoms with Crippen molar-refractivity contribution in [3.05, 3.63) is 45.6 Å². The first-order chi connectivity index (χ1) is 17.0. The van der Waals surface area contributed by atoms with Gasteiger partial charge in [-0.05, 0) is 48.6 Å². The van der Waals surface area contributed by atoms with Gasteiger partial charge in [0.2, 0.25) is 12.7 Å². The normalized spacial score (nSPS) is 15.1. The lowest BCUT2D eigenvalue weighted by molar-refractivity contribution is -0.133. The molecule has 1 fully saturated rings. The van der Waals surface area contributed by atoms with Crippen LogP contribution < -0.4 is 14.8 Å². The van der Waals surface area contributed by atoms with Crippen molar-refractivity contribution in [1.29, 1.82) is 0 Å². The zero-order valence-corrected chi connectivity index (χ0v) is 21.3. The van der Waals surface area contributed by atoms with Gasteiger partial charge in [0, 0.05) is 44.1 Å². The van der Waals surface area contributed by atoms with Gasteiger partial charge in [-0.2, -0.15) is 0 Å². The summed E-state index contributed by atoms with van der Waals surface area (Å²) < 4.78 is 16.4. The number of nitrogens with one attached hydrogen (secondary N) is 1. The van der Waals surface area contributed by atoms with Crippen LogP contribution in [0.3, 0.4) is 0 Å². The maximum Gasteiger partial charge on any atom is 0.317 e. The number of aryl methyl sites for hydroxylation is 1. The van der Waals surface area contributed by atoms with Crippen molar-refractivity contribution in [2.75, 3.05) is 59.3 Å². The molecular formula is C25H34N4O5S. The summed E-state index contributed by atoms with van der Waals surface area (Å²) >= 11 is 1.64. The largest absolute Gasteiger partial charge is 0.454 e. The number of morpholine rings is 1. The van der Waals surface area contributed by atoms with Crippen LogP contribution in [-0.2, 0) is 22.6 Å². The van der Waals surface area contributed by atoms with E-state index < -0.39 is 0 Å². The van der Waals surface area contributed by atoms with E-state index in [2.05, 4.69) is 23.2 Å². The average Bonchev–Trinajstić information content (AvgIpc) is 3.50. The quantitative estimate of drug-likeness (QED) is 0.538. The molecule has 1 saturated heterocycles. The lowest BCUT2D eigenvalue weighted by Gasteiger charge is -2.31. The highest BCUT2D eigenvalue weighted by Gasteiger charge is 2.24. The van der Waals surface area contributed by atoms with E-state index in [0.717, 1.165) is 29.1 Å². The number of carbonyl (C=O) groups excluding carboxylic acids is 2. The third-order valence-electron chi connectivity index (χ3n) is 6.20. The summed E-state index contributed by atoms with van der Waals surface area (Å²) in [6.45, 7) is 9.84. The van der Waals surface area contributed by atoms with E-state index in [9.17, 15) is 9.59 Å². The Bertz CT molecular complexity index is 1010. The maximum atomic E-state index is 13.6. The molecular weight excluding hydrogens is 468 g/mol. The fourth-order valence-corrected chi connectivity index (χ4v) is 5.02. The predicted octanol–water partition coefficient (Wildman–Crippen LogP) is 2.68. The Morgan fingerprint density at radius 2 is 1.89 bits per heavy atom. The van der Waals surface area contributed by atoms with Gasteiger partial charge in [0.1, 0.15) is 6.54 Å². The minimum atomic E-state index is -0.218. The van der Waals surface area contributed by atoms with Crippen LogP contribution in [-0.4, -0.2) is 85.9 Å². The highest BCUT2D eigenvalue weighted by molar-refractivity contribution is 7.10. The van der Waals surface area contributed by atoms with Gasteiger partial charge in [0.05, 0.1) is 19.8 Å². The Morgan fingerprint density at radius 3 is 2.63 bits per heavy atom. The Balaban J connectivity index is 1.47. The highest BCUT2D eigenvalue weighted by atomic mass is 32.1. The van der Waals surface area contributed by atoms with E-state index in [1.807, 2.05) is 35.4 Å². The molecule has 0 unspecified atom stereocenters. The molecule has 10 heteroatoms.